The molecule has 1 saturated carbocycles. The molecular weight excluding hydrogens is 294 g/mol. The molecule has 110 valence electrons. The van der Waals surface area contributed by atoms with Gasteiger partial charge in [-0.05, 0) is 25.7 Å². The molecule has 1 atom stereocenters. The molecule has 0 saturated heterocycles. The summed E-state index contributed by atoms with van der Waals surface area (Å²) in [6, 6.07) is 0.497. The molecule has 6 heteroatoms. The van der Waals surface area contributed by atoms with E-state index >= 15 is 0 Å². The van der Waals surface area contributed by atoms with Crippen LogP contribution >= 0.6 is 22.9 Å². The Morgan fingerprint density at radius 1 is 1.60 bits per heavy atom. The second-order valence-electron chi connectivity index (χ2n) is 5.34. The lowest BCUT2D eigenvalue weighted by atomic mass is 10.2. The van der Waals surface area contributed by atoms with E-state index in [4.69, 9.17) is 21.3 Å². The van der Waals surface area contributed by atoms with Gasteiger partial charge < -0.3 is 9.64 Å². The van der Waals surface area contributed by atoms with Gasteiger partial charge in [0.05, 0.1) is 18.2 Å². The maximum atomic E-state index is 6.17. The van der Waals surface area contributed by atoms with Gasteiger partial charge in [0.15, 0.2) is 10.8 Å². The first-order valence-corrected chi connectivity index (χ1v) is 8.43. The summed E-state index contributed by atoms with van der Waals surface area (Å²) in [6.45, 7) is 3.87. The number of fused-ring (bicyclic) bond motifs is 1. The Hall–Kier alpha value is -0.780. The number of aromatic nitrogens is 2. The smallest absolute Gasteiger partial charge is 0.195 e. The third kappa shape index (κ3) is 2.54. The van der Waals surface area contributed by atoms with Crippen molar-refractivity contribution in [3.63, 3.8) is 0 Å². The fourth-order valence-electron chi connectivity index (χ4n) is 2.70. The Kier molecular flexibility index (Phi) is 4.19. The summed E-state index contributed by atoms with van der Waals surface area (Å²) in [5.74, 6) is 2.30. The van der Waals surface area contributed by atoms with E-state index in [1.807, 2.05) is 11.6 Å². The van der Waals surface area contributed by atoms with Crippen LogP contribution in [0.2, 0.25) is 0 Å². The van der Waals surface area contributed by atoms with E-state index in [0.717, 1.165) is 28.9 Å². The van der Waals surface area contributed by atoms with Crippen LogP contribution in [0.1, 0.15) is 25.5 Å². The van der Waals surface area contributed by atoms with Gasteiger partial charge in [-0.1, -0.05) is 0 Å². The maximum absolute atomic E-state index is 6.17. The molecule has 3 rings (SSSR count). The summed E-state index contributed by atoms with van der Waals surface area (Å²) in [5, 5.41) is 2.05. The number of thiazole rings is 1. The molecule has 1 unspecified atom stereocenters. The largest absolute Gasteiger partial charge is 0.383 e. The monoisotopic (exact) mass is 313 g/mol. The van der Waals surface area contributed by atoms with Gasteiger partial charge >= 0.3 is 0 Å². The summed E-state index contributed by atoms with van der Waals surface area (Å²) in [7, 11) is 1.74. The predicted octanol–water partition coefficient (Wildman–Crippen LogP) is 3.39. The molecule has 2 heterocycles. The number of halogens is 1. The number of methoxy groups -OCH3 is 1. The van der Waals surface area contributed by atoms with Crippen molar-refractivity contribution in [2.45, 2.75) is 31.7 Å². The molecule has 0 spiro atoms. The fraction of sp³-hybridized carbons (Fsp3) is 0.643. The van der Waals surface area contributed by atoms with Crippen LogP contribution in [-0.2, 0) is 10.6 Å². The van der Waals surface area contributed by atoms with E-state index < -0.39 is 0 Å². The van der Waals surface area contributed by atoms with Crippen molar-refractivity contribution in [1.29, 1.82) is 0 Å². The summed E-state index contributed by atoms with van der Waals surface area (Å²) in [4.78, 5) is 8.18. The second-order valence-corrected chi connectivity index (χ2v) is 6.48. The molecule has 20 heavy (non-hydrogen) atoms. The van der Waals surface area contributed by atoms with Crippen molar-refractivity contribution >= 4 is 33.7 Å². The van der Waals surface area contributed by atoms with E-state index in [0.29, 0.717) is 18.5 Å². The minimum Gasteiger partial charge on any atom is -0.383 e. The van der Waals surface area contributed by atoms with Crippen LogP contribution in [0, 0.1) is 5.92 Å². The van der Waals surface area contributed by atoms with Crippen molar-refractivity contribution in [3.8, 4) is 0 Å². The van der Waals surface area contributed by atoms with Gasteiger partial charge in [0, 0.05) is 31.3 Å². The minimum absolute atomic E-state index is 0.480. The second kappa shape index (κ2) is 5.92. The number of hydrogen-bond donors (Lipinski definition) is 0. The summed E-state index contributed by atoms with van der Waals surface area (Å²) in [6.07, 6.45) is 4.69. The fourth-order valence-corrected chi connectivity index (χ4v) is 3.68. The van der Waals surface area contributed by atoms with E-state index in [2.05, 4.69) is 16.2 Å². The number of nitrogens with zero attached hydrogens (tertiary/aromatic N) is 3. The molecule has 1 aliphatic carbocycles. The molecule has 1 aliphatic rings. The molecule has 0 amide bonds. The molecule has 0 aliphatic heterocycles. The van der Waals surface area contributed by atoms with Crippen LogP contribution in [0.5, 0.6) is 0 Å². The lowest BCUT2D eigenvalue weighted by Crippen LogP contribution is -2.38. The van der Waals surface area contributed by atoms with Gasteiger partial charge in [-0.25, -0.2) is 4.98 Å². The number of imidazole rings is 1. The predicted molar refractivity (Wildman–Crippen MR) is 84.0 cm³/mol. The molecule has 0 bridgehead atoms. The number of rotatable bonds is 7. The number of hydrogen-bond acceptors (Lipinski definition) is 4. The molecule has 0 aromatic carbocycles. The van der Waals surface area contributed by atoms with Gasteiger partial charge in [-0.15, -0.1) is 22.9 Å². The Bertz CT molecular complexity index is 578. The zero-order chi connectivity index (χ0) is 14.1. The standard InChI is InChI=1S/C14H20ClN3OS/c1-10(11-3-4-11)17(5-7-19-2)13-12(9-15)18-6-8-20-14(18)16-13/h6,8,10-11H,3-5,7,9H2,1-2H3. The zero-order valence-electron chi connectivity index (χ0n) is 11.9. The van der Waals surface area contributed by atoms with Crippen LogP contribution < -0.4 is 4.90 Å². The van der Waals surface area contributed by atoms with Gasteiger partial charge in [0.2, 0.25) is 0 Å². The molecule has 2 aromatic heterocycles. The van der Waals surface area contributed by atoms with Gasteiger partial charge in [0.25, 0.3) is 0 Å². The SMILES string of the molecule is COCCN(c1nc2sccn2c1CCl)C(C)C1CC1. The summed E-state index contributed by atoms with van der Waals surface area (Å²) in [5.41, 5.74) is 1.09. The highest BCUT2D eigenvalue weighted by atomic mass is 35.5. The Labute approximate surface area is 128 Å². The van der Waals surface area contributed by atoms with Crippen LogP contribution in [-0.4, -0.2) is 35.7 Å². The molecule has 0 N–H and O–H groups in total. The molecule has 1 fully saturated rings. The van der Waals surface area contributed by atoms with Crippen molar-refractivity contribution in [3.05, 3.63) is 17.3 Å². The third-order valence-corrected chi connectivity index (χ3v) is 5.08. The normalized spacial score (nSPS) is 16.8. The average Bonchev–Trinajstić information content (AvgIpc) is 3.11. The molecule has 2 aromatic rings. The lowest BCUT2D eigenvalue weighted by Gasteiger charge is -2.30. The van der Waals surface area contributed by atoms with Crippen LogP contribution in [0.15, 0.2) is 11.6 Å². The van der Waals surface area contributed by atoms with E-state index in [1.165, 1.54) is 12.8 Å². The molecular formula is C14H20ClN3OS. The third-order valence-electron chi connectivity index (χ3n) is 4.07. The minimum atomic E-state index is 0.480. The van der Waals surface area contributed by atoms with Crippen LogP contribution in [0.3, 0.4) is 0 Å². The van der Waals surface area contributed by atoms with Gasteiger partial charge in [-0.3, -0.25) is 4.40 Å². The number of anilines is 1. The van der Waals surface area contributed by atoms with Crippen molar-refractivity contribution < 1.29 is 4.74 Å². The Morgan fingerprint density at radius 2 is 2.40 bits per heavy atom. The van der Waals surface area contributed by atoms with E-state index in [1.54, 1.807) is 18.4 Å². The van der Waals surface area contributed by atoms with Crippen molar-refractivity contribution in [2.24, 2.45) is 5.92 Å². The summed E-state index contributed by atoms with van der Waals surface area (Å²) < 4.78 is 7.37. The van der Waals surface area contributed by atoms with Crippen molar-refractivity contribution in [1.82, 2.24) is 9.38 Å². The first-order chi connectivity index (χ1) is 9.76. The molecule has 0 radical (unpaired) electrons. The number of alkyl halides is 1. The van der Waals surface area contributed by atoms with Crippen LogP contribution in [0.25, 0.3) is 4.96 Å². The molecule has 4 nitrogen and oxygen atoms in total. The highest BCUT2D eigenvalue weighted by Crippen LogP contribution is 2.38. The van der Waals surface area contributed by atoms with Gasteiger partial charge in [-0.2, -0.15) is 0 Å². The van der Waals surface area contributed by atoms with E-state index in [9.17, 15) is 0 Å². The summed E-state index contributed by atoms with van der Waals surface area (Å²) >= 11 is 7.82. The lowest BCUT2D eigenvalue weighted by molar-refractivity contribution is 0.202. The average molecular weight is 314 g/mol. The Morgan fingerprint density at radius 3 is 3.05 bits per heavy atom. The first kappa shape index (κ1) is 14.2. The quantitative estimate of drug-likeness (QED) is 0.734. The topological polar surface area (TPSA) is 29.8 Å². The van der Waals surface area contributed by atoms with E-state index in [-0.39, 0.29) is 0 Å². The van der Waals surface area contributed by atoms with Crippen molar-refractivity contribution in [2.75, 3.05) is 25.2 Å². The highest BCUT2D eigenvalue weighted by Gasteiger charge is 2.34. The van der Waals surface area contributed by atoms with Gasteiger partial charge in [0.1, 0.15) is 0 Å². The highest BCUT2D eigenvalue weighted by molar-refractivity contribution is 7.15. The Balaban J connectivity index is 1.95. The zero-order valence-corrected chi connectivity index (χ0v) is 13.5. The number of ether oxygens (including phenoxy) is 1. The maximum Gasteiger partial charge on any atom is 0.195 e. The van der Waals surface area contributed by atoms with Crippen LogP contribution in [0.4, 0.5) is 5.82 Å². The first-order valence-electron chi connectivity index (χ1n) is 7.02.